The highest BCUT2D eigenvalue weighted by molar-refractivity contribution is 9.10. The first-order valence-electron chi connectivity index (χ1n) is 10.7. The van der Waals surface area contributed by atoms with Crippen molar-refractivity contribution in [2.45, 2.75) is 32.8 Å². The molecule has 0 aliphatic heterocycles. The second-order valence-electron chi connectivity index (χ2n) is 8.94. The Morgan fingerprint density at radius 2 is 1.77 bits per heavy atom. The lowest BCUT2D eigenvalue weighted by atomic mass is 9.95. The Morgan fingerprint density at radius 3 is 2.46 bits per heavy atom. The zero-order valence-electron chi connectivity index (χ0n) is 19.2. The summed E-state index contributed by atoms with van der Waals surface area (Å²) in [6.45, 7) is 6.25. The summed E-state index contributed by atoms with van der Waals surface area (Å²) in [5.74, 6) is 1.07. The van der Waals surface area contributed by atoms with E-state index in [2.05, 4.69) is 21.0 Å². The molecular formula is C26H21BrCl3N3O2. The van der Waals surface area contributed by atoms with Crippen LogP contribution < -0.4 is 10.3 Å². The van der Waals surface area contributed by atoms with Crippen molar-refractivity contribution in [3.8, 4) is 5.75 Å². The molecule has 1 aromatic heterocycles. The van der Waals surface area contributed by atoms with Crippen molar-refractivity contribution in [3.05, 3.63) is 101 Å². The van der Waals surface area contributed by atoms with E-state index in [4.69, 9.17) is 44.5 Å². The number of rotatable bonds is 5. The van der Waals surface area contributed by atoms with E-state index in [-0.39, 0.29) is 12.2 Å². The van der Waals surface area contributed by atoms with Crippen LogP contribution in [0.2, 0.25) is 15.1 Å². The van der Waals surface area contributed by atoms with E-state index in [0.29, 0.717) is 43.1 Å². The molecule has 0 saturated carbocycles. The Kier molecular flexibility index (Phi) is 7.57. The van der Waals surface area contributed by atoms with Crippen LogP contribution in [0.15, 0.2) is 69.0 Å². The van der Waals surface area contributed by atoms with Gasteiger partial charge in [-0.1, -0.05) is 77.6 Å². The number of benzene rings is 3. The van der Waals surface area contributed by atoms with Crippen LogP contribution in [0.25, 0.3) is 10.9 Å². The highest BCUT2D eigenvalue weighted by Gasteiger charge is 2.23. The number of hydrogen-bond donors (Lipinski definition) is 0. The van der Waals surface area contributed by atoms with E-state index in [1.54, 1.807) is 36.5 Å². The minimum Gasteiger partial charge on any atom is -0.487 e. The monoisotopic (exact) mass is 591 g/mol. The first kappa shape index (κ1) is 25.7. The molecule has 0 radical (unpaired) electrons. The number of nitrogens with zero attached hydrogens (tertiary/aromatic N) is 3. The van der Waals surface area contributed by atoms with Crippen molar-refractivity contribution in [2.75, 3.05) is 0 Å². The summed E-state index contributed by atoms with van der Waals surface area (Å²) >= 11 is 21.9. The molecule has 0 aliphatic carbocycles. The van der Waals surface area contributed by atoms with Gasteiger partial charge in [-0.05, 0) is 59.7 Å². The molecule has 0 amide bonds. The quantitative estimate of drug-likeness (QED) is 0.221. The minimum absolute atomic E-state index is 0.245. The molecule has 9 heteroatoms. The molecule has 35 heavy (non-hydrogen) atoms. The molecule has 4 aromatic rings. The molecule has 0 fully saturated rings. The Bertz CT molecular complexity index is 1510. The van der Waals surface area contributed by atoms with Crippen LogP contribution in [0.4, 0.5) is 0 Å². The highest BCUT2D eigenvalue weighted by Crippen LogP contribution is 2.28. The number of aromatic nitrogens is 2. The van der Waals surface area contributed by atoms with Gasteiger partial charge < -0.3 is 4.74 Å². The summed E-state index contributed by atoms with van der Waals surface area (Å²) in [6.07, 6.45) is 1.58. The van der Waals surface area contributed by atoms with Crippen molar-refractivity contribution in [1.82, 2.24) is 9.66 Å². The Balaban J connectivity index is 1.62. The predicted molar refractivity (Wildman–Crippen MR) is 148 cm³/mol. The largest absolute Gasteiger partial charge is 0.487 e. The van der Waals surface area contributed by atoms with Gasteiger partial charge in [-0.2, -0.15) is 9.78 Å². The summed E-state index contributed by atoms with van der Waals surface area (Å²) in [5.41, 5.74) is 1.55. The van der Waals surface area contributed by atoms with Gasteiger partial charge >= 0.3 is 0 Å². The zero-order valence-corrected chi connectivity index (χ0v) is 23.0. The van der Waals surface area contributed by atoms with Crippen LogP contribution in [0.3, 0.4) is 0 Å². The van der Waals surface area contributed by atoms with E-state index in [0.717, 1.165) is 10.0 Å². The van der Waals surface area contributed by atoms with Crippen molar-refractivity contribution < 1.29 is 4.74 Å². The second kappa shape index (κ2) is 10.3. The summed E-state index contributed by atoms with van der Waals surface area (Å²) in [6, 6.07) is 16.0. The average Bonchev–Trinajstić information content (AvgIpc) is 2.79. The lowest BCUT2D eigenvalue weighted by molar-refractivity contribution is 0.306. The van der Waals surface area contributed by atoms with Crippen LogP contribution in [0.5, 0.6) is 5.75 Å². The van der Waals surface area contributed by atoms with E-state index in [1.165, 1.54) is 4.68 Å². The molecule has 0 spiro atoms. The van der Waals surface area contributed by atoms with Crippen LogP contribution in [-0.4, -0.2) is 15.9 Å². The van der Waals surface area contributed by atoms with Crippen LogP contribution in [0.1, 0.15) is 37.7 Å². The van der Waals surface area contributed by atoms with E-state index in [9.17, 15) is 4.79 Å². The number of halogens is 4. The molecule has 5 nitrogen and oxygen atoms in total. The summed E-state index contributed by atoms with van der Waals surface area (Å²) in [5, 5.41) is 6.32. The van der Waals surface area contributed by atoms with E-state index in [1.807, 2.05) is 45.0 Å². The number of hydrogen-bond acceptors (Lipinski definition) is 4. The maximum absolute atomic E-state index is 13.3. The molecule has 0 saturated heterocycles. The standard InChI is InChI=1S/C26H21BrCl3N3O2/c1-26(2,3)25-32-22-8-6-17(27)12-18(22)24(34)33(25)31-13-15-5-9-23(21(30)10-15)35-14-16-4-7-19(28)20(29)11-16/h4-13H,14H2,1-3H3. The average molecular weight is 594 g/mol. The van der Waals surface area contributed by atoms with Crippen molar-refractivity contribution >= 4 is 67.9 Å². The zero-order chi connectivity index (χ0) is 25.3. The molecule has 0 aliphatic rings. The fourth-order valence-electron chi connectivity index (χ4n) is 3.37. The van der Waals surface area contributed by atoms with E-state index >= 15 is 0 Å². The third kappa shape index (κ3) is 5.89. The Labute approximate surface area is 226 Å². The molecule has 0 bridgehead atoms. The molecule has 4 rings (SSSR count). The third-order valence-corrected chi connectivity index (χ3v) is 6.66. The first-order chi connectivity index (χ1) is 16.5. The molecular weight excluding hydrogens is 573 g/mol. The Morgan fingerprint density at radius 1 is 1.00 bits per heavy atom. The van der Waals surface area contributed by atoms with Gasteiger partial charge in [0.05, 0.1) is 32.2 Å². The number of fused-ring (bicyclic) bond motifs is 1. The Hall–Kier alpha value is -2.38. The van der Waals surface area contributed by atoms with E-state index < -0.39 is 5.41 Å². The molecule has 1 heterocycles. The minimum atomic E-state index is -0.405. The third-order valence-electron chi connectivity index (χ3n) is 5.14. The summed E-state index contributed by atoms with van der Waals surface area (Å²) < 4.78 is 7.97. The fraction of sp³-hybridized carbons (Fsp3) is 0.192. The normalized spacial score (nSPS) is 12.0. The van der Waals surface area contributed by atoms with Crippen LogP contribution >= 0.6 is 50.7 Å². The molecule has 3 aromatic carbocycles. The SMILES string of the molecule is CC(C)(C)c1nc2ccc(Br)cc2c(=O)n1N=Cc1ccc(OCc2ccc(Cl)c(Cl)c2)c(Cl)c1. The van der Waals surface area contributed by atoms with Gasteiger partial charge in [0, 0.05) is 9.89 Å². The molecule has 0 atom stereocenters. The van der Waals surface area contributed by atoms with Crippen molar-refractivity contribution in [2.24, 2.45) is 5.10 Å². The van der Waals surface area contributed by atoms with Gasteiger partial charge in [-0.3, -0.25) is 4.79 Å². The lowest BCUT2D eigenvalue weighted by Crippen LogP contribution is -2.29. The van der Waals surface area contributed by atoms with Gasteiger partial charge in [-0.25, -0.2) is 4.98 Å². The van der Waals surface area contributed by atoms with Gasteiger partial charge in [0.2, 0.25) is 0 Å². The molecule has 180 valence electrons. The summed E-state index contributed by atoms with van der Waals surface area (Å²) in [7, 11) is 0. The van der Waals surface area contributed by atoms with Gasteiger partial charge in [0.15, 0.2) is 0 Å². The smallest absolute Gasteiger partial charge is 0.282 e. The lowest BCUT2D eigenvalue weighted by Gasteiger charge is -2.20. The van der Waals surface area contributed by atoms with Crippen molar-refractivity contribution in [3.63, 3.8) is 0 Å². The highest BCUT2D eigenvalue weighted by atomic mass is 79.9. The predicted octanol–water partition coefficient (Wildman–Crippen LogP) is 7.88. The van der Waals surface area contributed by atoms with Gasteiger partial charge in [-0.15, -0.1) is 0 Å². The first-order valence-corrected chi connectivity index (χ1v) is 12.6. The maximum Gasteiger partial charge on any atom is 0.282 e. The van der Waals surface area contributed by atoms with Gasteiger partial charge in [0.1, 0.15) is 18.2 Å². The van der Waals surface area contributed by atoms with Crippen LogP contribution in [0, 0.1) is 0 Å². The maximum atomic E-state index is 13.3. The number of ether oxygens (including phenoxy) is 1. The topological polar surface area (TPSA) is 56.5 Å². The van der Waals surface area contributed by atoms with Gasteiger partial charge in [0.25, 0.3) is 5.56 Å². The second-order valence-corrected chi connectivity index (χ2v) is 11.1. The van der Waals surface area contributed by atoms with Crippen LogP contribution in [-0.2, 0) is 12.0 Å². The fourth-order valence-corrected chi connectivity index (χ4v) is 4.30. The summed E-state index contributed by atoms with van der Waals surface area (Å²) in [4.78, 5) is 18.0. The van der Waals surface area contributed by atoms with Crippen molar-refractivity contribution in [1.29, 1.82) is 0 Å². The molecule has 0 N–H and O–H groups in total. The molecule has 0 unspecified atom stereocenters.